The maximum absolute atomic E-state index is 13.7. The molecule has 11 nitrogen and oxygen atoms in total. The van der Waals surface area contributed by atoms with Crippen molar-refractivity contribution in [3.63, 3.8) is 0 Å². The van der Waals surface area contributed by atoms with E-state index in [1.807, 2.05) is 19.1 Å². The normalized spacial score (nSPS) is 13.8. The molecule has 0 radical (unpaired) electrons. The van der Waals surface area contributed by atoms with E-state index in [2.05, 4.69) is 30.5 Å². The van der Waals surface area contributed by atoms with Gasteiger partial charge in [0.1, 0.15) is 11.9 Å². The fourth-order valence-electron chi connectivity index (χ4n) is 4.64. The second-order valence-corrected chi connectivity index (χ2v) is 11.9. The van der Waals surface area contributed by atoms with Crippen LogP contribution in [0.3, 0.4) is 0 Å². The Morgan fingerprint density at radius 1 is 1.07 bits per heavy atom. The number of aromatic nitrogens is 3. The van der Waals surface area contributed by atoms with E-state index in [0.29, 0.717) is 35.3 Å². The lowest BCUT2D eigenvalue weighted by Gasteiger charge is -2.31. The number of carbonyl (C=O) groups excluding carboxylic acids is 2. The van der Waals surface area contributed by atoms with Gasteiger partial charge >= 0.3 is 5.97 Å². The van der Waals surface area contributed by atoms with Crippen LogP contribution in [-0.4, -0.2) is 53.8 Å². The third-order valence-corrected chi connectivity index (χ3v) is 8.37. The number of aryl methyl sites for hydroxylation is 3. The fourth-order valence-corrected chi connectivity index (χ4v) is 6.38. The zero-order chi connectivity index (χ0) is 29.8. The first-order valence-electron chi connectivity index (χ1n) is 13.1. The number of aromatic amines is 1. The number of fused-ring (bicyclic) bond motifs is 1. The van der Waals surface area contributed by atoms with E-state index in [4.69, 9.17) is 4.74 Å². The van der Waals surface area contributed by atoms with E-state index in [-0.39, 0.29) is 10.5 Å². The molecule has 0 bridgehead atoms. The number of hydrogen-bond donors (Lipinski definition) is 4. The molecule has 0 saturated carbocycles. The monoisotopic (exact) mass is 578 g/mol. The van der Waals surface area contributed by atoms with Crippen molar-refractivity contribution >= 4 is 38.6 Å². The van der Waals surface area contributed by atoms with Gasteiger partial charge in [0.2, 0.25) is 15.7 Å². The van der Waals surface area contributed by atoms with Gasteiger partial charge in [-0.3, -0.25) is 9.89 Å². The molecule has 12 heteroatoms. The molecule has 2 unspecified atom stereocenters. The van der Waals surface area contributed by atoms with Crippen LogP contribution in [0.15, 0.2) is 65.8 Å². The third-order valence-electron chi connectivity index (χ3n) is 6.52. The molecular formula is C29H34N6O5S. The topological polar surface area (TPSA) is 155 Å². The first-order chi connectivity index (χ1) is 19.4. The van der Waals surface area contributed by atoms with Crippen molar-refractivity contribution < 1.29 is 22.7 Å². The van der Waals surface area contributed by atoms with Crippen LogP contribution in [0.2, 0.25) is 0 Å². The van der Waals surface area contributed by atoms with Gasteiger partial charge in [-0.25, -0.2) is 18.2 Å². The summed E-state index contributed by atoms with van der Waals surface area (Å²) in [7, 11) is -4.28. The number of esters is 1. The lowest BCUT2D eigenvalue weighted by Crippen LogP contribution is -2.64. The molecule has 0 fully saturated rings. The van der Waals surface area contributed by atoms with Crippen molar-refractivity contribution in [3.05, 3.63) is 83.2 Å². The summed E-state index contributed by atoms with van der Waals surface area (Å²) in [6.07, 6.45) is 3.02. The molecule has 216 valence electrons. The number of carbonyl (C=O) groups is 2. The molecule has 1 amide bonds. The van der Waals surface area contributed by atoms with E-state index in [1.165, 1.54) is 6.92 Å². The Kier molecular flexibility index (Phi) is 8.74. The number of sulfonamides is 1. The molecule has 0 saturated heterocycles. The summed E-state index contributed by atoms with van der Waals surface area (Å²) in [4.78, 5) is 31.1. The average Bonchev–Trinajstić information content (AvgIpc) is 3.36. The SMILES string of the molecule is Cc1cc(C)c(S(=O)(=O)NC(C)(NC(=O)c2ccc3[nH]ncc3c2)C(=O)OC(C)CCNc2ccccn2)c(C)c1. The Labute approximate surface area is 239 Å². The zero-order valence-electron chi connectivity index (χ0n) is 23.6. The van der Waals surface area contributed by atoms with E-state index in [9.17, 15) is 18.0 Å². The van der Waals surface area contributed by atoms with Gasteiger partial charge in [-0.2, -0.15) is 9.82 Å². The van der Waals surface area contributed by atoms with Crippen LogP contribution in [0.1, 0.15) is 47.3 Å². The second kappa shape index (κ2) is 12.1. The van der Waals surface area contributed by atoms with Gasteiger partial charge in [-0.05, 0) is 76.1 Å². The Hall–Kier alpha value is -4.29. The van der Waals surface area contributed by atoms with Gasteiger partial charge in [-0.1, -0.05) is 23.8 Å². The number of pyridine rings is 1. The van der Waals surface area contributed by atoms with Gasteiger partial charge < -0.3 is 15.4 Å². The predicted molar refractivity (Wildman–Crippen MR) is 156 cm³/mol. The summed E-state index contributed by atoms with van der Waals surface area (Å²) in [5.41, 5.74) is 0.730. The summed E-state index contributed by atoms with van der Waals surface area (Å²) >= 11 is 0. The molecule has 4 N–H and O–H groups in total. The van der Waals surface area contributed by atoms with Gasteiger partial charge in [0.05, 0.1) is 16.6 Å². The smallest absolute Gasteiger partial charge is 0.348 e. The van der Waals surface area contributed by atoms with Crippen LogP contribution in [-0.2, 0) is 19.6 Å². The molecule has 2 aromatic carbocycles. The Balaban J connectivity index is 1.58. The predicted octanol–water partition coefficient (Wildman–Crippen LogP) is 3.74. The minimum Gasteiger partial charge on any atom is -0.460 e. The van der Waals surface area contributed by atoms with Crippen LogP contribution in [0.4, 0.5) is 5.82 Å². The number of hydrogen-bond acceptors (Lipinski definition) is 8. The van der Waals surface area contributed by atoms with Crippen molar-refractivity contribution in [1.82, 2.24) is 25.2 Å². The summed E-state index contributed by atoms with van der Waals surface area (Å²) in [6.45, 7) is 8.65. The molecule has 41 heavy (non-hydrogen) atoms. The fraction of sp³-hybridized carbons (Fsp3) is 0.310. The standard InChI is InChI=1S/C29H34N6O5S/c1-18-14-19(2)26(20(3)15-18)41(38,39)35-29(5,33-27(36)22-9-10-24-23(16-22)17-32-34-24)28(37)40-21(4)11-13-31-25-8-6-7-12-30-25/h6-10,12,14-17,21,35H,11,13H2,1-5H3,(H,30,31)(H,32,34)(H,33,36). The first-order valence-corrected chi connectivity index (χ1v) is 14.6. The number of anilines is 1. The number of nitrogens with one attached hydrogen (secondary N) is 4. The molecule has 2 atom stereocenters. The minimum atomic E-state index is -4.28. The summed E-state index contributed by atoms with van der Waals surface area (Å²) in [5, 5.41) is 13.2. The van der Waals surface area contributed by atoms with Crippen molar-refractivity contribution in [2.75, 3.05) is 11.9 Å². The molecule has 0 aliphatic carbocycles. The van der Waals surface area contributed by atoms with Crippen molar-refractivity contribution in [3.8, 4) is 0 Å². The quantitative estimate of drug-likeness (QED) is 0.155. The van der Waals surface area contributed by atoms with E-state index >= 15 is 0 Å². The highest BCUT2D eigenvalue weighted by atomic mass is 32.2. The number of H-pyrrole nitrogens is 1. The van der Waals surface area contributed by atoms with Crippen LogP contribution in [0, 0.1) is 20.8 Å². The maximum Gasteiger partial charge on any atom is 0.348 e. The molecule has 0 aliphatic rings. The average molecular weight is 579 g/mol. The number of rotatable bonds is 11. The number of benzene rings is 2. The van der Waals surface area contributed by atoms with Gasteiger partial charge in [0, 0.05) is 30.1 Å². The molecule has 0 aliphatic heterocycles. The molecule has 4 aromatic rings. The number of ether oxygens (including phenoxy) is 1. The van der Waals surface area contributed by atoms with Crippen LogP contribution >= 0.6 is 0 Å². The third kappa shape index (κ3) is 7.08. The zero-order valence-corrected chi connectivity index (χ0v) is 24.4. The highest BCUT2D eigenvalue weighted by Gasteiger charge is 2.42. The van der Waals surface area contributed by atoms with Crippen LogP contribution in [0.5, 0.6) is 0 Å². The van der Waals surface area contributed by atoms with Gasteiger partial charge in [-0.15, -0.1) is 0 Å². The maximum atomic E-state index is 13.7. The highest BCUT2D eigenvalue weighted by molar-refractivity contribution is 7.89. The Morgan fingerprint density at radius 3 is 2.49 bits per heavy atom. The Bertz CT molecular complexity index is 1650. The molecule has 4 rings (SSSR count). The number of nitrogens with zero attached hydrogens (tertiary/aromatic N) is 2. The van der Waals surface area contributed by atoms with E-state index < -0.39 is 33.7 Å². The number of amides is 1. The van der Waals surface area contributed by atoms with E-state index in [1.54, 1.807) is 69.6 Å². The lowest BCUT2D eigenvalue weighted by atomic mass is 10.1. The van der Waals surface area contributed by atoms with Crippen molar-refractivity contribution in [1.29, 1.82) is 0 Å². The van der Waals surface area contributed by atoms with Gasteiger partial charge in [0.15, 0.2) is 0 Å². The molecule has 2 aromatic heterocycles. The van der Waals surface area contributed by atoms with Crippen molar-refractivity contribution in [2.24, 2.45) is 0 Å². The van der Waals surface area contributed by atoms with Crippen LogP contribution in [0.25, 0.3) is 10.9 Å². The largest absolute Gasteiger partial charge is 0.460 e. The van der Waals surface area contributed by atoms with E-state index in [0.717, 1.165) is 11.1 Å². The lowest BCUT2D eigenvalue weighted by molar-refractivity contribution is -0.156. The van der Waals surface area contributed by atoms with Gasteiger partial charge in [0.25, 0.3) is 5.91 Å². The minimum absolute atomic E-state index is 0.0313. The second-order valence-electron chi connectivity index (χ2n) is 10.2. The summed E-state index contributed by atoms with van der Waals surface area (Å²) < 4.78 is 35.4. The Morgan fingerprint density at radius 2 is 1.80 bits per heavy atom. The van der Waals surface area contributed by atoms with Crippen molar-refractivity contribution in [2.45, 2.75) is 57.7 Å². The molecule has 0 spiro atoms. The molecular weight excluding hydrogens is 544 g/mol. The molecule has 2 heterocycles. The highest BCUT2D eigenvalue weighted by Crippen LogP contribution is 2.24. The summed E-state index contributed by atoms with van der Waals surface area (Å²) in [6, 6.07) is 13.8. The van der Waals surface area contributed by atoms with Crippen LogP contribution < -0.4 is 15.4 Å². The first kappa shape index (κ1) is 29.7. The summed E-state index contributed by atoms with van der Waals surface area (Å²) in [5.74, 6) is -0.946.